The Morgan fingerprint density at radius 1 is 1.21 bits per heavy atom. The minimum atomic E-state index is -0.141. The van der Waals surface area contributed by atoms with E-state index < -0.39 is 0 Å². The topological polar surface area (TPSA) is 39.2 Å². The lowest BCUT2D eigenvalue weighted by molar-refractivity contribution is -0.148. The molecule has 0 amide bonds. The van der Waals surface area contributed by atoms with E-state index in [1.54, 1.807) is 5.57 Å². The zero-order chi connectivity index (χ0) is 20.4. The van der Waals surface area contributed by atoms with Crippen LogP contribution in [-0.2, 0) is 9.53 Å². The molecule has 1 aromatic rings. The van der Waals surface area contributed by atoms with Gasteiger partial charge < -0.3 is 4.74 Å². The van der Waals surface area contributed by atoms with E-state index in [0.29, 0.717) is 5.92 Å². The zero-order valence-corrected chi connectivity index (χ0v) is 18.2. The van der Waals surface area contributed by atoms with Gasteiger partial charge in [-0.05, 0) is 85.3 Å². The molecule has 0 bridgehead atoms. The lowest BCUT2D eigenvalue weighted by Gasteiger charge is -2.51. The average Bonchev–Trinajstić information content (AvgIpc) is 2.78. The Bertz CT molecular complexity index is 796. The van der Waals surface area contributed by atoms with Crippen LogP contribution in [0.2, 0.25) is 0 Å². The number of fused-ring (bicyclic) bond motifs is 3. The highest BCUT2D eigenvalue weighted by Crippen LogP contribution is 2.56. The summed E-state index contributed by atoms with van der Waals surface area (Å²) in [6.07, 6.45) is 18.2. The van der Waals surface area contributed by atoms with Crippen molar-refractivity contribution in [2.45, 2.75) is 78.2 Å². The Kier molecular flexibility index (Phi) is 5.94. The Morgan fingerprint density at radius 3 is 2.83 bits per heavy atom. The van der Waals surface area contributed by atoms with Gasteiger partial charge in [-0.2, -0.15) is 0 Å². The second kappa shape index (κ2) is 8.45. The van der Waals surface area contributed by atoms with Crippen molar-refractivity contribution in [1.82, 2.24) is 4.98 Å². The van der Waals surface area contributed by atoms with Crippen LogP contribution in [0.4, 0.5) is 0 Å². The van der Waals surface area contributed by atoms with Crippen molar-refractivity contribution in [3.63, 3.8) is 0 Å². The summed E-state index contributed by atoms with van der Waals surface area (Å²) in [6.45, 7) is 6.42. The Morgan fingerprint density at radius 2 is 2.07 bits per heavy atom. The zero-order valence-electron chi connectivity index (χ0n) is 18.2. The monoisotopic (exact) mass is 393 g/mol. The number of rotatable bonds is 2. The number of esters is 1. The van der Waals surface area contributed by atoms with Crippen LogP contribution >= 0.6 is 0 Å². The third kappa shape index (κ3) is 4.20. The van der Waals surface area contributed by atoms with Gasteiger partial charge >= 0.3 is 5.97 Å². The fourth-order valence-corrected chi connectivity index (χ4v) is 6.30. The van der Waals surface area contributed by atoms with E-state index in [2.05, 4.69) is 37.0 Å². The van der Waals surface area contributed by atoms with E-state index in [0.717, 1.165) is 37.5 Å². The van der Waals surface area contributed by atoms with Crippen LogP contribution in [0.15, 0.2) is 42.3 Å². The Balaban J connectivity index is 1.53. The van der Waals surface area contributed by atoms with Gasteiger partial charge in [0.2, 0.25) is 0 Å². The first-order valence-electron chi connectivity index (χ1n) is 11.4. The summed E-state index contributed by atoms with van der Waals surface area (Å²) < 4.78 is 5.57. The van der Waals surface area contributed by atoms with E-state index in [-0.39, 0.29) is 17.5 Å². The molecule has 4 rings (SSSR count). The van der Waals surface area contributed by atoms with Crippen molar-refractivity contribution >= 4 is 11.5 Å². The molecule has 3 aliphatic rings. The molecule has 1 aromatic heterocycles. The van der Waals surface area contributed by atoms with Gasteiger partial charge in [-0.15, -0.1) is 0 Å². The first-order valence-corrected chi connectivity index (χ1v) is 11.4. The van der Waals surface area contributed by atoms with Crippen LogP contribution in [0, 0.1) is 23.2 Å². The van der Waals surface area contributed by atoms with Crippen molar-refractivity contribution in [1.29, 1.82) is 0 Å². The number of carbonyl (C=O) groups is 1. The number of carbonyl (C=O) groups excluding carboxylic acids is 1. The molecule has 156 valence electrons. The largest absolute Gasteiger partial charge is 0.462 e. The summed E-state index contributed by atoms with van der Waals surface area (Å²) in [5.74, 6) is 1.93. The number of pyridine rings is 1. The Hall–Kier alpha value is -1.90. The minimum Gasteiger partial charge on any atom is -0.462 e. The molecule has 3 nitrogen and oxygen atoms in total. The number of nitrogens with zero attached hydrogens (tertiary/aromatic N) is 1. The summed E-state index contributed by atoms with van der Waals surface area (Å²) in [6, 6.07) is 4.26. The summed E-state index contributed by atoms with van der Waals surface area (Å²) in [5.41, 5.74) is 4.60. The Labute approximate surface area is 175 Å². The molecule has 0 spiro atoms. The van der Waals surface area contributed by atoms with Crippen LogP contribution in [0.5, 0.6) is 0 Å². The van der Waals surface area contributed by atoms with E-state index in [1.807, 2.05) is 18.5 Å². The highest BCUT2D eigenvalue weighted by molar-refractivity contribution is 5.66. The van der Waals surface area contributed by atoms with E-state index in [1.165, 1.54) is 43.7 Å². The van der Waals surface area contributed by atoms with Crippen LogP contribution in [0.25, 0.3) is 5.57 Å². The molecule has 0 saturated heterocycles. The summed E-state index contributed by atoms with van der Waals surface area (Å²) >= 11 is 0. The van der Waals surface area contributed by atoms with E-state index >= 15 is 0 Å². The lowest BCUT2D eigenvalue weighted by Crippen LogP contribution is -2.43. The van der Waals surface area contributed by atoms with Crippen LogP contribution < -0.4 is 0 Å². The molecule has 0 N–H and O–H groups in total. The molecule has 0 radical (unpaired) electrons. The third-order valence-electron chi connectivity index (χ3n) is 7.89. The molecule has 1 heterocycles. The van der Waals surface area contributed by atoms with Crippen molar-refractivity contribution < 1.29 is 9.53 Å². The van der Waals surface area contributed by atoms with Gasteiger partial charge in [-0.3, -0.25) is 9.78 Å². The second-order valence-electron chi connectivity index (χ2n) is 9.68. The standard InChI is InChI=1S/C26H35NO2/c1-18-9-12-25-20(6-4-8-24(18)21-7-5-15-27-17-21)10-11-22-16-23(29-19(2)28)13-14-26(22,25)3/h5,7-8,11,15,17-18,20,23,25H,4,6,9-10,12-14,16H2,1-3H3/b24-8+. The van der Waals surface area contributed by atoms with Crippen LogP contribution in [0.3, 0.4) is 0 Å². The van der Waals surface area contributed by atoms with Crippen molar-refractivity contribution in [2.24, 2.45) is 23.2 Å². The summed E-state index contributed by atoms with van der Waals surface area (Å²) in [5, 5.41) is 0. The lowest BCUT2D eigenvalue weighted by atomic mass is 9.55. The molecule has 29 heavy (non-hydrogen) atoms. The number of ether oxygens (including phenoxy) is 1. The van der Waals surface area contributed by atoms with E-state index in [9.17, 15) is 4.79 Å². The summed E-state index contributed by atoms with van der Waals surface area (Å²) in [4.78, 5) is 15.8. The van der Waals surface area contributed by atoms with Crippen molar-refractivity contribution in [3.8, 4) is 0 Å². The maximum atomic E-state index is 11.4. The molecule has 3 heteroatoms. The maximum Gasteiger partial charge on any atom is 0.302 e. The first kappa shape index (κ1) is 20.4. The predicted molar refractivity (Wildman–Crippen MR) is 117 cm³/mol. The van der Waals surface area contributed by atoms with Gasteiger partial charge in [0.15, 0.2) is 0 Å². The average molecular weight is 394 g/mol. The summed E-state index contributed by atoms with van der Waals surface area (Å²) in [7, 11) is 0. The fraction of sp³-hybridized carbons (Fsp3) is 0.615. The van der Waals surface area contributed by atoms with Gasteiger partial charge in [0.25, 0.3) is 0 Å². The highest BCUT2D eigenvalue weighted by atomic mass is 16.5. The molecule has 3 aliphatic carbocycles. The number of hydrogen-bond donors (Lipinski definition) is 0. The normalized spacial score (nSPS) is 36.8. The SMILES string of the molecule is CC(=O)OC1CCC2(C)C(=CCC3CC/C=C(/c4cccnc4)C(C)CCC32)C1. The molecule has 5 atom stereocenters. The van der Waals surface area contributed by atoms with Crippen molar-refractivity contribution in [3.05, 3.63) is 47.8 Å². The molecule has 0 aromatic carbocycles. The van der Waals surface area contributed by atoms with Gasteiger partial charge in [0, 0.05) is 25.7 Å². The van der Waals surface area contributed by atoms with Gasteiger partial charge in [0.05, 0.1) is 0 Å². The second-order valence-corrected chi connectivity index (χ2v) is 9.68. The number of hydrogen-bond acceptors (Lipinski definition) is 3. The van der Waals surface area contributed by atoms with Gasteiger partial charge in [-0.1, -0.05) is 37.6 Å². The number of aromatic nitrogens is 1. The maximum absolute atomic E-state index is 11.4. The van der Waals surface area contributed by atoms with Gasteiger partial charge in [0.1, 0.15) is 6.10 Å². The molecular weight excluding hydrogens is 358 g/mol. The molecule has 0 aliphatic heterocycles. The highest BCUT2D eigenvalue weighted by Gasteiger charge is 2.47. The van der Waals surface area contributed by atoms with Gasteiger partial charge in [-0.25, -0.2) is 0 Å². The molecule has 1 fully saturated rings. The molecular formula is C26H35NO2. The first-order chi connectivity index (χ1) is 14.0. The van der Waals surface area contributed by atoms with Crippen LogP contribution in [0.1, 0.15) is 77.7 Å². The predicted octanol–water partition coefficient (Wildman–Crippen LogP) is 6.36. The van der Waals surface area contributed by atoms with E-state index in [4.69, 9.17) is 4.74 Å². The minimum absolute atomic E-state index is 0.0810. The quantitative estimate of drug-likeness (QED) is 0.433. The smallest absolute Gasteiger partial charge is 0.302 e. The van der Waals surface area contributed by atoms with Crippen LogP contribution in [-0.4, -0.2) is 17.1 Å². The molecule has 5 unspecified atom stereocenters. The van der Waals surface area contributed by atoms with Crippen molar-refractivity contribution in [2.75, 3.05) is 0 Å². The fourth-order valence-electron chi connectivity index (χ4n) is 6.30. The molecule has 1 saturated carbocycles. The third-order valence-corrected chi connectivity index (χ3v) is 7.89. The number of allylic oxidation sites excluding steroid dienone is 3.